The molecule has 0 aliphatic carbocycles. The normalized spacial score (nSPS) is 11.0. The lowest BCUT2D eigenvalue weighted by molar-refractivity contribution is 0.0946. The summed E-state index contributed by atoms with van der Waals surface area (Å²) >= 11 is 9.30. The van der Waals surface area contributed by atoms with Crippen molar-refractivity contribution in [2.45, 2.75) is 6.92 Å². The number of carbonyl (C=O) groups is 1. The highest BCUT2D eigenvalue weighted by molar-refractivity contribution is 9.10. The number of phenolic OH excluding ortho intramolecular Hbond substituents is 1. The highest BCUT2D eigenvalue weighted by atomic mass is 79.9. The molecule has 1 amide bonds. The van der Waals surface area contributed by atoms with Crippen LogP contribution in [0.1, 0.15) is 21.7 Å². The number of nitrogens with one attached hydrogen (secondary N) is 1. The predicted octanol–water partition coefficient (Wildman–Crippen LogP) is 2.61. The van der Waals surface area contributed by atoms with E-state index in [0.717, 1.165) is 4.47 Å². The lowest BCUT2D eigenvalue weighted by Crippen LogP contribution is -2.21. The zero-order valence-electron chi connectivity index (χ0n) is 11.3. The molecule has 0 aliphatic heterocycles. The number of aryl methyl sites for hydroxylation is 2. The Bertz CT molecular complexity index is 727. The fourth-order valence-corrected chi connectivity index (χ4v) is 2.35. The van der Waals surface area contributed by atoms with Crippen LogP contribution in [-0.2, 0) is 7.05 Å². The van der Waals surface area contributed by atoms with Gasteiger partial charge in [-0.05, 0) is 25.1 Å². The van der Waals surface area contributed by atoms with Crippen LogP contribution in [0.3, 0.4) is 0 Å². The molecule has 0 bridgehead atoms. The van der Waals surface area contributed by atoms with Gasteiger partial charge in [-0.15, -0.1) is 0 Å². The summed E-state index contributed by atoms with van der Waals surface area (Å²) in [5, 5.41) is 17.8. The van der Waals surface area contributed by atoms with Gasteiger partial charge in [0.2, 0.25) is 0 Å². The molecule has 0 unspecified atom stereocenters. The Balaban J connectivity index is 2.14. The molecule has 1 aromatic heterocycles. The molecule has 6 nitrogen and oxygen atoms in total. The van der Waals surface area contributed by atoms with Crippen molar-refractivity contribution in [2.24, 2.45) is 12.1 Å². The molecule has 0 atom stereocenters. The number of phenols is 1. The predicted molar refractivity (Wildman–Crippen MR) is 83.8 cm³/mol. The van der Waals surface area contributed by atoms with E-state index in [9.17, 15) is 9.90 Å². The number of nitrogens with zero attached hydrogens (tertiary/aromatic N) is 3. The molecular weight excluding hydrogens is 360 g/mol. The second kappa shape index (κ2) is 6.28. The van der Waals surface area contributed by atoms with Gasteiger partial charge in [0, 0.05) is 17.1 Å². The molecule has 0 spiro atoms. The molecule has 0 fully saturated rings. The topological polar surface area (TPSA) is 79.5 Å². The molecule has 0 saturated heterocycles. The Morgan fingerprint density at radius 3 is 2.90 bits per heavy atom. The zero-order valence-corrected chi connectivity index (χ0v) is 13.6. The lowest BCUT2D eigenvalue weighted by atomic mass is 10.2. The first-order chi connectivity index (χ1) is 9.90. The maximum Gasteiger partial charge on any atom is 0.291 e. The van der Waals surface area contributed by atoms with E-state index in [1.807, 2.05) is 0 Å². The van der Waals surface area contributed by atoms with Crippen LogP contribution in [0.15, 0.2) is 27.8 Å². The molecule has 0 radical (unpaired) electrons. The number of hydrogen-bond donors (Lipinski definition) is 2. The van der Waals surface area contributed by atoms with Gasteiger partial charge in [0.25, 0.3) is 5.91 Å². The summed E-state index contributed by atoms with van der Waals surface area (Å²) in [7, 11) is 1.62. The zero-order chi connectivity index (χ0) is 15.6. The Morgan fingerprint density at radius 1 is 1.57 bits per heavy atom. The van der Waals surface area contributed by atoms with E-state index in [2.05, 4.69) is 31.6 Å². The van der Waals surface area contributed by atoms with Gasteiger partial charge in [-0.1, -0.05) is 27.5 Å². The molecule has 110 valence electrons. The highest BCUT2D eigenvalue weighted by Crippen LogP contribution is 2.20. The van der Waals surface area contributed by atoms with E-state index >= 15 is 0 Å². The Labute approximate surface area is 134 Å². The van der Waals surface area contributed by atoms with Gasteiger partial charge in [0.15, 0.2) is 0 Å². The molecule has 21 heavy (non-hydrogen) atoms. The number of benzene rings is 1. The van der Waals surface area contributed by atoms with Gasteiger partial charge in [-0.3, -0.25) is 9.48 Å². The molecule has 8 heteroatoms. The fourth-order valence-electron chi connectivity index (χ4n) is 1.72. The van der Waals surface area contributed by atoms with Gasteiger partial charge < -0.3 is 5.11 Å². The van der Waals surface area contributed by atoms with Gasteiger partial charge in [0.1, 0.15) is 11.4 Å². The van der Waals surface area contributed by atoms with Crippen molar-refractivity contribution < 1.29 is 9.90 Å². The molecule has 0 saturated carbocycles. The number of rotatable bonds is 3. The van der Waals surface area contributed by atoms with Crippen LogP contribution in [-0.4, -0.2) is 27.0 Å². The van der Waals surface area contributed by atoms with E-state index in [4.69, 9.17) is 11.6 Å². The van der Waals surface area contributed by atoms with Crippen LogP contribution in [0.5, 0.6) is 5.75 Å². The minimum absolute atomic E-state index is 0.0607. The summed E-state index contributed by atoms with van der Waals surface area (Å²) < 4.78 is 2.18. The monoisotopic (exact) mass is 370 g/mol. The number of halogens is 2. The lowest BCUT2D eigenvalue weighted by Gasteiger charge is -2.02. The number of carbonyl (C=O) groups excluding carboxylic acids is 1. The summed E-state index contributed by atoms with van der Waals surface area (Å²) in [5.74, 6) is -0.417. The van der Waals surface area contributed by atoms with Crippen LogP contribution in [0.2, 0.25) is 5.02 Å². The summed E-state index contributed by atoms with van der Waals surface area (Å²) in [6.45, 7) is 1.71. The summed E-state index contributed by atoms with van der Waals surface area (Å²) in [5.41, 5.74) is 3.61. The third kappa shape index (κ3) is 3.43. The standard InChI is InChI=1S/C13H12BrClN4O2/c1-7-11(15)12(19(2)18-7)13(21)17-16-6-8-5-9(14)3-4-10(8)20/h3-6,20H,1-2H3,(H,17,21)/b16-6-. The third-order valence-electron chi connectivity index (χ3n) is 2.72. The number of aromatic nitrogens is 2. The Morgan fingerprint density at radius 2 is 2.29 bits per heavy atom. The maximum absolute atomic E-state index is 12.0. The van der Waals surface area contributed by atoms with Gasteiger partial charge in [-0.2, -0.15) is 10.2 Å². The van der Waals surface area contributed by atoms with Crippen molar-refractivity contribution in [3.05, 3.63) is 44.6 Å². The van der Waals surface area contributed by atoms with Crippen molar-refractivity contribution in [2.75, 3.05) is 0 Å². The van der Waals surface area contributed by atoms with Crippen LogP contribution >= 0.6 is 27.5 Å². The van der Waals surface area contributed by atoms with Crippen molar-refractivity contribution in [3.8, 4) is 5.75 Å². The average Bonchev–Trinajstić information content (AvgIpc) is 2.67. The quantitative estimate of drug-likeness (QED) is 0.643. The number of hydrogen-bond acceptors (Lipinski definition) is 4. The van der Waals surface area contributed by atoms with Crippen LogP contribution in [0.25, 0.3) is 0 Å². The average molecular weight is 372 g/mol. The van der Waals surface area contributed by atoms with E-state index in [1.54, 1.807) is 26.1 Å². The third-order valence-corrected chi connectivity index (χ3v) is 3.67. The SMILES string of the molecule is Cc1nn(C)c(C(=O)N/N=C\c2cc(Br)ccc2O)c1Cl. The molecule has 2 rings (SSSR count). The van der Waals surface area contributed by atoms with Crippen molar-refractivity contribution in [3.63, 3.8) is 0 Å². The van der Waals surface area contributed by atoms with E-state index in [1.165, 1.54) is 17.0 Å². The molecule has 2 N–H and O–H groups in total. The second-order valence-electron chi connectivity index (χ2n) is 4.27. The van der Waals surface area contributed by atoms with E-state index in [-0.39, 0.29) is 16.5 Å². The maximum atomic E-state index is 12.0. The van der Waals surface area contributed by atoms with Crippen LogP contribution in [0, 0.1) is 6.92 Å². The summed E-state index contributed by atoms with van der Waals surface area (Å²) in [4.78, 5) is 12.0. The Hall–Kier alpha value is -1.86. The number of aromatic hydroxyl groups is 1. The molecular formula is C13H12BrClN4O2. The first-order valence-electron chi connectivity index (χ1n) is 5.91. The first kappa shape index (κ1) is 15.5. The first-order valence-corrected chi connectivity index (χ1v) is 7.08. The van der Waals surface area contributed by atoms with Crippen molar-refractivity contribution in [1.82, 2.24) is 15.2 Å². The summed E-state index contributed by atoms with van der Waals surface area (Å²) in [6.07, 6.45) is 1.34. The fraction of sp³-hybridized carbons (Fsp3) is 0.154. The van der Waals surface area contributed by atoms with E-state index < -0.39 is 5.91 Å². The van der Waals surface area contributed by atoms with Gasteiger partial charge in [-0.25, -0.2) is 5.43 Å². The minimum atomic E-state index is -0.478. The molecule has 1 heterocycles. The van der Waals surface area contributed by atoms with Crippen molar-refractivity contribution in [1.29, 1.82) is 0 Å². The second-order valence-corrected chi connectivity index (χ2v) is 5.57. The van der Waals surface area contributed by atoms with Crippen LogP contribution in [0.4, 0.5) is 0 Å². The minimum Gasteiger partial charge on any atom is -0.507 e. The summed E-state index contributed by atoms with van der Waals surface area (Å²) in [6, 6.07) is 4.89. The molecule has 1 aromatic carbocycles. The van der Waals surface area contributed by atoms with Crippen LogP contribution < -0.4 is 5.43 Å². The molecule has 2 aromatic rings. The van der Waals surface area contributed by atoms with E-state index in [0.29, 0.717) is 11.3 Å². The largest absolute Gasteiger partial charge is 0.507 e. The smallest absolute Gasteiger partial charge is 0.291 e. The van der Waals surface area contributed by atoms with Crippen molar-refractivity contribution >= 4 is 39.7 Å². The molecule has 0 aliphatic rings. The number of hydrazone groups is 1. The van der Waals surface area contributed by atoms with Gasteiger partial charge >= 0.3 is 0 Å². The number of amides is 1. The Kier molecular flexibility index (Phi) is 4.64. The van der Waals surface area contributed by atoms with Gasteiger partial charge in [0.05, 0.1) is 16.9 Å². The highest BCUT2D eigenvalue weighted by Gasteiger charge is 2.18.